The minimum atomic E-state index is -1.15. The summed E-state index contributed by atoms with van der Waals surface area (Å²) in [6, 6.07) is 6.03. The van der Waals surface area contributed by atoms with E-state index in [0.717, 1.165) is 46.4 Å². The van der Waals surface area contributed by atoms with E-state index in [0.29, 0.717) is 10.6 Å². The molecule has 1 N–H and O–H groups in total. The molecular weight excluding hydrogens is 414 g/mol. The Balaban J connectivity index is 1.74. The van der Waals surface area contributed by atoms with Crippen molar-refractivity contribution < 1.29 is 24.2 Å². The zero-order valence-corrected chi connectivity index (χ0v) is 18.9. The van der Waals surface area contributed by atoms with Gasteiger partial charge in [-0.15, -0.1) is 11.3 Å². The maximum Gasteiger partial charge on any atom is 0.341 e. The first-order valence-electron chi connectivity index (χ1n) is 10.5. The number of ether oxygens (including phenoxy) is 1. The van der Waals surface area contributed by atoms with Crippen molar-refractivity contribution in [3.05, 3.63) is 39.8 Å². The number of carboxylic acid groups (broad SMARTS) is 1. The number of hydrogen-bond donors (Lipinski definition) is 1. The first kappa shape index (κ1) is 21.6. The molecule has 4 rings (SSSR count). The van der Waals surface area contributed by atoms with Crippen molar-refractivity contribution in [3.8, 4) is 11.1 Å². The second-order valence-electron chi connectivity index (χ2n) is 8.74. The third kappa shape index (κ3) is 3.65. The van der Waals surface area contributed by atoms with Gasteiger partial charge in [0.1, 0.15) is 10.6 Å². The molecule has 2 fully saturated rings. The van der Waals surface area contributed by atoms with Crippen LogP contribution in [0.3, 0.4) is 0 Å². The molecule has 7 heteroatoms. The third-order valence-electron chi connectivity index (χ3n) is 6.86. The van der Waals surface area contributed by atoms with E-state index < -0.39 is 23.8 Å². The van der Waals surface area contributed by atoms with Crippen LogP contribution < -0.4 is 10.4 Å². The molecule has 1 aromatic carbocycles. The summed E-state index contributed by atoms with van der Waals surface area (Å²) in [6.07, 6.45) is 2.43. The molecule has 0 saturated heterocycles. The fraction of sp³-hybridized carbons (Fsp3) is 0.458. The fourth-order valence-corrected chi connectivity index (χ4v) is 6.52. The number of anilines is 1. The molecule has 164 valence electrons. The highest BCUT2D eigenvalue weighted by atomic mass is 32.1. The van der Waals surface area contributed by atoms with E-state index in [4.69, 9.17) is 4.74 Å². The summed E-state index contributed by atoms with van der Waals surface area (Å²) in [4.78, 5) is 38.6. The van der Waals surface area contributed by atoms with Crippen molar-refractivity contribution >= 4 is 34.2 Å². The Labute approximate surface area is 185 Å². The van der Waals surface area contributed by atoms with Gasteiger partial charge in [-0.25, -0.2) is 4.79 Å². The van der Waals surface area contributed by atoms with E-state index in [1.54, 1.807) is 0 Å². The molecule has 1 heterocycles. The molecule has 2 aliphatic carbocycles. The Bertz CT molecular complexity index is 1070. The van der Waals surface area contributed by atoms with Crippen LogP contribution in [0, 0.1) is 44.4 Å². The van der Waals surface area contributed by atoms with Crippen molar-refractivity contribution in [3.63, 3.8) is 0 Å². The van der Waals surface area contributed by atoms with E-state index in [9.17, 15) is 19.5 Å². The number of aliphatic carboxylic acids is 1. The van der Waals surface area contributed by atoms with E-state index in [1.165, 1.54) is 18.4 Å². The second kappa shape index (κ2) is 8.11. The van der Waals surface area contributed by atoms with Crippen molar-refractivity contribution in [2.24, 2.45) is 23.7 Å². The lowest BCUT2D eigenvalue weighted by molar-refractivity contribution is -0.314. The smallest absolute Gasteiger partial charge is 0.341 e. The van der Waals surface area contributed by atoms with Crippen LogP contribution in [0.15, 0.2) is 18.2 Å². The first-order chi connectivity index (χ1) is 14.7. The molecule has 2 aromatic rings. The lowest BCUT2D eigenvalue weighted by Crippen LogP contribution is -2.44. The number of hydrogen-bond acceptors (Lipinski definition) is 6. The van der Waals surface area contributed by atoms with Gasteiger partial charge in [-0.2, -0.15) is 0 Å². The van der Waals surface area contributed by atoms with Crippen LogP contribution in [0.25, 0.3) is 11.1 Å². The number of carbonyl (C=O) groups is 3. The number of benzene rings is 1. The van der Waals surface area contributed by atoms with E-state index in [2.05, 4.69) is 5.32 Å². The predicted octanol–water partition coefficient (Wildman–Crippen LogP) is 3.48. The molecule has 4 atom stereocenters. The fourth-order valence-electron chi connectivity index (χ4n) is 5.46. The summed E-state index contributed by atoms with van der Waals surface area (Å²) in [5, 5.41) is 15.0. The van der Waals surface area contributed by atoms with Gasteiger partial charge in [0.25, 0.3) is 0 Å². The Morgan fingerprint density at radius 2 is 1.77 bits per heavy atom. The molecule has 0 aliphatic heterocycles. The number of amides is 1. The molecule has 1 amide bonds. The Morgan fingerprint density at radius 3 is 2.42 bits per heavy atom. The quantitative estimate of drug-likeness (QED) is 0.718. The summed E-state index contributed by atoms with van der Waals surface area (Å²) >= 11 is 1.32. The highest BCUT2D eigenvalue weighted by molar-refractivity contribution is 7.17. The highest BCUT2D eigenvalue weighted by Crippen LogP contribution is 2.53. The van der Waals surface area contributed by atoms with E-state index in [1.807, 2.05) is 39.0 Å². The Kier molecular flexibility index (Phi) is 5.64. The number of methoxy groups -OCH3 is 1. The molecule has 2 bridgehead atoms. The maximum atomic E-state index is 13.2. The third-order valence-corrected chi connectivity index (χ3v) is 7.88. The van der Waals surface area contributed by atoms with Crippen LogP contribution >= 0.6 is 11.3 Å². The molecule has 31 heavy (non-hydrogen) atoms. The summed E-state index contributed by atoms with van der Waals surface area (Å²) in [7, 11) is 1.32. The molecule has 0 unspecified atom stereocenters. The summed E-state index contributed by atoms with van der Waals surface area (Å²) in [6.45, 7) is 5.87. The summed E-state index contributed by atoms with van der Waals surface area (Å²) in [5.41, 5.74) is 4.06. The van der Waals surface area contributed by atoms with Crippen molar-refractivity contribution in [1.29, 1.82) is 0 Å². The van der Waals surface area contributed by atoms with Gasteiger partial charge in [-0.3, -0.25) is 4.79 Å². The predicted molar refractivity (Wildman–Crippen MR) is 117 cm³/mol. The number of carboxylic acids is 1. The van der Waals surface area contributed by atoms with Gasteiger partial charge < -0.3 is 20.0 Å². The number of aryl methyl sites for hydroxylation is 3. The molecule has 2 aliphatic rings. The lowest BCUT2D eigenvalue weighted by Gasteiger charge is -2.30. The number of carbonyl (C=O) groups excluding carboxylic acids is 3. The molecule has 2 saturated carbocycles. The molecule has 0 radical (unpaired) electrons. The van der Waals surface area contributed by atoms with E-state index in [-0.39, 0.29) is 17.7 Å². The van der Waals surface area contributed by atoms with Crippen LogP contribution in [0.5, 0.6) is 0 Å². The zero-order valence-electron chi connectivity index (χ0n) is 18.1. The molecule has 1 aromatic heterocycles. The van der Waals surface area contributed by atoms with Crippen molar-refractivity contribution in [2.45, 2.75) is 40.0 Å². The Hall–Kier alpha value is -2.67. The van der Waals surface area contributed by atoms with Crippen LogP contribution in [0.4, 0.5) is 5.00 Å². The minimum absolute atomic E-state index is 0.00130. The molecular formula is C24H26NO5S-. The molecule has 0 spiro atoms. The second-order valence-corrected chi connectivity index (χ2v) is 9.97. The van der Waals surface area contributed by atoms with Crippen molar-refractivity contribution in [1.82, 2.24) is 0 Å². The summed E-state index contributed by atoms with van der Waals surface area (Å²) in [5.74, 6) is -3.37. The Morgan fingerprint density at radius 1 is 1.10 bits per heavy atom. The summed E-state index contributed by atoms with van der Waals surface area (Å²) < 4.78 is 5.05. The van der Waals surface area contributed by atoms with Crippen LogP contribution in [0.2, 0.25) is 0 Å². The first-order valence-corrected chi connectivity index (χ1v) is 11.4. The van der Waals surface area contributed by atoms with Gasteiger partial charge in [-0.05, 0) is 63.0 Å². The number of thiophene rings is 1. The standard InChI is InChI=1S/C24H27NO5S/c1-11-5-6-12(2)16(9-11)17-13(3)31-22(20(17)24(29)30-4)25-21(26)18-14-7-8-15(10-14)19(18)23(27)28/h5-6,9,14-15,18-19H,7-8,10H2,1-4H3,(H,25,26)(H,27,28)/p-1/t14-,15-,18+,19+/m1/s1. The van der Waals surface area contributed by atoms with Gasteiger partial charge in [0.15, 0.2) is 0 Å². The minimum Gasteiger partial charge on any atom is -0.550 e. The van der Waals surface area contributed by atoms with Gasteiger partial charge in [-0.1, -0.05) is 23.8 Å². The largest absolute Gasteiger partial charge is 0.550 e. The van der Waals surface area contributed by atoms with Crippen molar-refractivity contribution in [2.75, 3.05) is 12.4 Å². The number of fused-ring (bicyclic) bond motifs is 2. The van der Waals surface area contributed by atoms with Gasteiger partial charge >= 0.3 is 5.97 Å². The van der Waals surface area contributed by atoms with Crippen LogP contribution in [-0.2, 0) is 14.3 Å². The van der Waals surface area contributed by atoms with Crippen LogP contribution in [-0.4, -0.2) is 25.0 Å². The highest BCUT2D eigenvalue weighted by Gasteiger charge is 2.51. The number of nitrogens with one attached hydrogen (secondary N) is 1. The zero-order chi connectivity index (χ0) is 22.4. The topological polar surface area (TPSA) is 95.5 Å². The van der Waals surface area contributed by atoms with Gasteiger partial charge in [0, 0.05) is 28.2 Å². The van der Waals surface area contributed by atoms with E-state index >= 15 is 0 Å². The van der Waals surface area contributed by atoms with Crippen LogP contribution in [0.1, 0.15) is 45.6 Å². The number of esters is 1. The number of rotatable bonds is 5. The lowest BCUT2D eigenvalue weighted by atomic mass is 9.78. The SMILES string of the molecule is COC(=O)c1c(NC(=O)[C@H]2[C@@H]3CC[C@H](C3)[C@@H]2C(=O)[O-])sc(C)c1-c1cc(C)ccc1C. The maximum absolute atomic E-state index is 13.2. The average molecular weight is 441 g/mol. The normalized spacial score (nSPS) is 24.3. The average Bonchev–Trinajstić information content (AvgIpc) is 3.42. The monoisotopic (exact) mass is 440 g/mol. The van der Waals surface area contributed by atoms with Gasteiger partial charge in [0.2, 0.25) is 5.91 Å². The van der Waals surface area contributed by atoms with Gasteiger partial charge in [0.05, 0.1) is 7.11 Å². The molecule has 6 nitrogen and oxygen atoms in total.